The van der Waals surface area contributed by atoms with Crippen LogP contribution in [0.3, 0.4) is 0 Å². The Labute approximate surface area is 192 Å². The number of carbonyl (C=O) groups excluding carboxylic acids is 1. The standard InChI is InChI=1S/C27H52O4/c1-7-9-16-23(8-2)20-24(19-22(3)21-27(4,5)6)31-26(30)18-15-13-11-10-12-14-17-25(28)29/h22-24H,7-21H2,1-6H3,(H,28,29). The Morgan fingerprint density at radius 3 is 1.97 bits per heavy atom. The second-order valence-electron chi connectivity index (χ2n) is 10.9. The van der Waals surface area contributed by atoms with E-state index in [1.807, 2.05) is 0 Å². The summed E-state index contributed by atoms with van der Waals surface area (Å²) in [5.74, 6) is 0.441. The summed E-state index contributed by atoms with van der Waals surface area (Å²) >= 11 is 0. The van der Waals surface area contributed by atoms with Crippen LogP contribution >= 0.6 is 0 Å². The van der Waals surface area contributed by atoms with Gasteiger partial charge in [0.2, 0.25) is 0 Å². The molecule has 184 valence electrons. The van der Waals surface area contributed by atoms with Crippen molar-refractivity contribution in [3.05, 3.63) is 0 Å². The first-order chi connectivity index (χ1) is 14.6. The van der Waals surface area contributed by atoms with Gasteiger partial charge < -0.3 is 9.84 Å². The number of ether oxygens (including phenoxy) is 1. The van der Waals surface area contributed by atoms with Crippen molar-refractivity contribution < 1.29 is 19.4 Å². The number of carboxylic acid groups (broad SMARTS) is 1. The molecule has 0 aliphatic carbocycles. The minimum atomic E-state index is -0.714. The highest BCUT2D eigenvalue weighted by molar-refractivity contribution is 5.69. The second kappa shape index (κ2) is 17.5. The molecule has 0 saturated heterocycles. The Kier molecular flexibility index (Phi) is 16.9. The zero-order valence-corrected chi connectivity index (χ0v) is 21.5. The average Bonchev–Trinajstić information content (AvgIpc) is 2.65. The Morgan fingerprint density at radius 2 is 1.45 bits per heavy atom. The van der Waals surface area contributed by atoms with E-state index in [9.17, 15) is 9.59 Å². The topological polar surface area (TPSA) is 63.6 Å². The molecule has 4 nitrogen and oxygen atoms in total. The number of carbonyl (C=O) groups is 2. The second-order valence-corrected chi connectivity index (χ2v) is 10.9. The highest BCUT2D eigenvalue weighted by Gasteiger charge is 2.24. The molecule has 4 heteroatoms. The van der Waals surface area contributed by atoms with E-state index in [2.05, 4.69) is 41.5 Å². The van der Waals surface area contributed by atoms with E-state index in [0.29, 0.717) is 23.7 Å². The van der Waals surface area contributed by atoms with Crippen LogP contribution in [0.1, 0.15) is 138 Å². The average molecular weight is 441 g/mol. The van der Waals surface area contributed by atoms with Gasteiger partial charge in [0.1, 0.15) is 6.10 Å². The lowest BCUT2D eigenvalue weighted by molar-refractivity contribution is -0.151. The van der Waals surface area contributed by atoms with E-state index in [1.54, 1.807) is 0 Å². The molecule has 0 bridgehead atoms. The molecule has 0 aromatic heterocycles. The summed E-state index contributed by atoms with van der Waals surface area (Å²) < 4.78 is 6.02. The van der Waals surface area contributed by atoms with E-state index < -0.39 is 5.97 Å². The van der Waals surface area contributed by atoms with Gasteiger partial charge in [0.05, 0.1) is 0 Å². The van der Waals surface area contributed by atoms with E-state index >= 15 is 0 Å². The zero-order chi connectivity index (χ0) is 23.7. The van der Waals surface area contributed by atoms with Gasteiger partial charge in [0.25, 0.3) is 0 Å². The molecular weight excluding hydrogens is 388 g/mol. The van der Waals surface area contributed by atoms with Gasteiger partial charge in [0, 0.05) is 12.8 Å². The molecular formula is C27H52O4. The Morgan fingerprint density at radius 1 is 0.871 bits per heavy atom. The lowest BCUT2D eigenvalue weighted by Gasteiger charge is -2.28. The molecule has 0 saturated carbocycles. The van der Waals surface area contributed by atoms with Crippen LogP contribution in [0.5, 0.6) is 0 Å². The van der Waals surface area contributed by atoms with Gasteiger partial charge >= 0.3 is 11.9 Å². The van der Waals surface area contributed by atoms with Crippen LogP contribution in [0.4, 0.5) is 0 Å². The molecule has 0 aliphatic rings. The van der Waals surface area contributed by atoms with Crippen molar-refractivity contribution in [2.24, 2.45) is 17.3 Å². The molecule has 31 heavy (non-hydrogen) atoms. The van der Waals surface area contributed by atoms with Gasteiger partial charge in [-0.25, -0.2) is 0 Å². The molecule has 0 fully saturated rings. The van der Waals surface area contributed by atoms with Crippen molar-refractivity contribution in [3.63, 3.8) is 0 Å². The lowest BCUT2D eigenvalue weighted by atomic mass is 9.81. The first kappa shape index (κ1) is 29.9. The predicted molar refractivity (Wildman–Crippen MR) is 130 cm³/mol. The van der Waals surface area contributed by atoms with E-state index in [4.69, 9.17) is 9.84 Å². The molecule has 3 atom stereocenters. The van der Waals surface area contributed by atoms with Crippen LogP contribution in [0.15, 0.2) is 0 Å². The summed E-state index contributed by atoms with van der Waals surface area (Å²) in [5.41, 5.74) is 0.296. The maximum atomic E-state index is 12.5. The Balaban J connectivity index is 4.44. The van der Waals surface area contributed by atoms with Crippen LogP contribution in [-0.4, -0.2) is 23.1 Å². The third-order valence-corrected chi connectivity index (χ3v) is 6.09. The lowest BCUT2D eigenvalue weighted by Crippen LogP contribution is -2.25. The van der Waals surface area contributed by atoms with Crippen LogP contribution < -0.4 is 0 Å². The molecule has 0 rings (SSSR count). The number of unbranched alkanes of at least 4 members (excludes halogenated alkanes) is 6. The van der Waals surface area contributed by atoms with Crippen LogP contribution in [0.2, 0.25) is 0 Å². The van der Waals surface area contributed by atoms with Crippen molar-refractivity contribution in [2.45, 2.75) is 144 Å². The van der Waals surface area contributed by atoms with Crippen molar-refractivity contribution in [3.8, 4) is 0 Å². The number of hydrogen-bond acceptors (Lipinski definition) is 3. The fourth-order valence-corrected chi connectivity index (χ4v) is 4.62. The third-order valence-electron chi connectivity index (χ3n) is 6.09. The van der Waals surface area contributed by atoms with E-state index in [0.717, 1.165) is 64.2 Å². The third kappa shape index (κ3) is 19.4. The van der Waals surface area contributed by atoms with Gasteiger partial charge in [-0.2, -0.15) is 0 Å². The number of hydrogen-bond donors (Lipinski definition) is 1. The summed E-state index contributed by atoms with van der Waals surface area (Å²) in [5, 5.41) is 8.66. The molecule has 0 heterocycles. The first-order valence-electron chi connectivity index (χ1n) is 13.0. The molecule has 0 spiro atoms. The van der Waals surface area contributed by atoms with Crippen molar-refractivity contribution in [1.29, 1.82) is 0 Å². The summed E-state index contributed by atoms with van der Waals surface area (Å²) in [6.07, 6.45) is 14.5. The van der Waals surface area contributed by atoms with Crippen LogP contribution in [0.25, 0.3) is 0 Å². The molecule has 0 radical (unpaired) electrons. The van der Waals surface area contributed by atoms with Gasteiger partial charge in [0.15, 0.2) is 0 Å². The first-order valence-corrected chi connectivity index (χ1v) is 13.0. The minimum Gasteiger partial charge on any atom is -0.481 e. The van der Waals surface area contributed by atoms with E-state index in [-0.39, 0.29) is 18.5 Å². The maximum Gasteiger partial charge on any atom is 0.306 e. The monoisotopic (exact) mass is 440 g/mol. The van der Waals surface area contributed by atoms with Crippen LogP contribution in [0, 0.1) is 17.3 Å². The van der Waals surface area contributed by atoms with Crippen molar-refractivity contribution in [1.82, 2.24) is 0 Å². The highest BCUT2D eigenvalue weighted by atomic mass is 16.5. The van der Waals surface area contributed by atoms with Gasteiger partial charge in [-0.05, 0) is 49.4 Å². The summed E-state index contributed by atoms with van der Waals surface area (Å²) in [6.45, 7) is 13.6. The van der Waals surface area contributed by atoms with Crippen molar-refractivity contribution >= 4 is 11.9 Å². The molecule has 0 aromatic carbocycles. The predicted octanol–water partition coefficient (Wildman–Crippen LogP) is 8.17. The SMILES string of the molecule is CCCCC(CC)CC(CC(C)CC(C)(C)C)OC(=O)CCCCCCCCC(=O)O. The number of carboxylic acids is 1. The number of aliphatic carboxylic acids is 1. The number of esters is 1. The van der Waals surface area contributed by atoms with Gasteiger partial charge in [-0.3, -0.25) is 9.59 Å². The van der Waals surface area contributed by atoms with Crippen LogP contribution in [-0.2, 0) is 14.3 Å². The molecule has 1 N–H and O–H groups in total. The van der Waals surface area contributed by atoms with Gasteiger partial charge in [-0.15, -0.1) is 0 Å². The quantitative estimate of drug-likeness (QED) is 0.162. The van der Waals surface area contributed by atoms with E-state index in [1.165, 1.54) is 19.3 Å². The molecule has 0 aromatic rings. The highest BCUT2D eigenvalue weighted by Crippen LogP contribution is 2.30. The normalized spacial score (nSPS) is 14.8. The fourth-order valence-electron chi connectivity index (χ4n) is 4.62. The zero-order valence-electron chi connectivity index (χ0n) is 21.5. The molecule has 0 aliphatic heterocycles. The summed E-state index contributed by atoms with van der Waals surface area (Å²) in [7, 11) is 0. The van der Waals surface area contributed by atoms with Gasteiger partial charge in [-0.1, -0.05) is 92.9 Å². The maximum absolute atomic E-state index is 12.5. The fraction of sp³-hybridized carbons (Fsp3) is 0.926. The molecule has 0 amide bonds. The smallest absolute Gasteiger partial charge is 0.306 e. The minimum absolute atomic E-state index is 0.0378. The van der Waals surface area contributed by atoms with Crippen molar-refractivity contribution in [2.75, 3.05) is 0 Å². The summed E-state index contributed by atoms with van der Waals surface area (Å²) in [4.78, 5) is 23.0. The summed E-state index contributed by atoms with van der Waals surface area (Å²) in [6, 6.07) is 0. The Bertz CT molecular complexity index is 466. The molecule has 3 unspecified atom stereocenters. The largest absolute Gasteiger partial charge is 0.481 e. The number of rotatable bonds is 19. The Hall–Kier alpha value is -1.06.